The van der Waals surface area contributed by atoms with Gasteiger partial charge in [0.1, 0.15) is 5.52 Å². The second-order valence-corrected chi connectivity index (χ2v) is 12.8. The zero-order valence-electron chi connectivity index (χ0n) is 26.3. The predicted octanol–water partition coefficient (Wildman–Crippen LogP) is 12.1. The summed E-state index contributed by atoms with van der Waals surface area (Å²) < 4.78 is 6.53. The van der Waals surface area contributed by atoms with E-state index in [9.17, 15) is 0 Å². The number of nitrogens with zero attached hydrogens (tertiary/aromatic N) is 2. The number of anilines is 3. The number of hydrogen-bond acceptors (Lipinski definition) is 3. The highest BCUT2D eigenvalue weighted by atomic mass is 16.3. The molecule has 0 atom stereocenters. The third-order valence-electron chi connectivity index (χ3n) is 9.68. The molecule has 0 N–H and O–H groups in total. The summed E-state index contributed by atoms with van der Waals surface area (Å²) in [5.74, 6) is 0.622. The second-order valence-electron chi connectivity index (χ2n) is 12.8. The van der Waals surface area contributed by atoms with Crippen LogP contribution in [0.2, 0.25) is 0 Å². The molecule has 0 saturated carbocycles. The molecule has 9 rings (SSSR count). The highest BCUT2D eigenvalue weighted by Gasteiger charge is 2.35. The van der Waals surface area contributed by atoms with Crippen LogP contribution in [0.1, 0.15) is 25.0 Å². The van der Waals surface area contributed by atoms with Crippen LogP contribution in [0, 0.1) is 0 Å². The molecule has 1 heterocycles. The Bertz CT molecular complexity index is 2440. The second kappa shape index (κ2) is 10.6. The first kappa shape index (κ1) is 27.4. The number of rotatable bonds is 5. The molecule has 0 unspecified atom stereocenters. The fourth-order valence-electron chi connectivity index (χ4n) is 7.36. The van der Waals surface area contributed by atoms with Gasteiger partial charge in [0.05, 0.1) is 5.69 Å². The van der Waals surface area contributed by atoms with Crippen LogP contribution < -0.4 is 4.90 Å². The van der Waals surface area contributed by atoms with Gasteiger partial charge >= 0.3 is 0 Å². The molecule has 0 spiro atoms. The Balaban J connectivity index is 1.31. The molecule has 0 amide bonds. The van der Waals surface area contributed by atoms with Gasteiger partial charge in [0, 0.05) is 39.2 Å². The average molecular weight is 605 g/mol. The molecule has 3 heteroatoms. The number of hydrogen-bond donors (Lipinski definition) is 0. The van der Waals surface area contributed by atoms with Crippen LogP contribution in [-0.2, 0) is 5.41 Å². The molecule has 47 heavy (non-hydrogen) atoms. The van der Waals surface area contributed by atoms with Crippen molar-refractivity contribution in [2.24, 2.45) is 0 Å². The molecule has 7 aromatic carbocycles. The molecular formula is C44H32N2O. The normalized spacial score (nSPS) is 13.1. The third-order valence-corrected chi connectivity index (χ3v) is 9.68. The standard InChI is InChI=1S/C44H32N2O/c1-44(2)38-23-12-11-20-34(38)37-27-33(24-25-39(37)44)46(32-19-13-18-31(26-32)29-14-5-3-6-15-29)40-28-41-42(36-22-10-9-21-35(36)40)45-43(47-41)30-16-7-4-8-17-30/h3-28H,1-2H3. The molecular weight excluding hydrogens is 572 g/mol. The maximum atomic E-state index is 6.53. The molecule has 0 fully saturated rings. The summed E-state index contributed by atoms with van der Waals surface area (Å²) in [7, 11) is 0. The molecule has 1 aliphatic rings. The Morgan fingerprint density at radius 2 is 1.15 bits per heavy atom. The largest absolute Gasteiger partial charge is 0.436 e. The van der Waals surface area contributed by atoms with Crippen LogP contribution in [0.25, 0.3) is 55.6 Å². The molecule has 0 bridgehead atoms. The molecule has 8 aromatic rings. The number of oxazole rings is 1. The average Bonchev–Trinajstić information content (AvgIpc) is 3.66. The Morgan fingerprint density at radius 3 is 1.96 bits per heavy atom. The molecule has 3 nitrogen and oxygen atoms in total. The van der Waals surface area contributed by atoms with Crippen LogP contribution in [0.5, 0.6) is 0 Å². The van der Waals surface area contributed by atoms with Gasteiger partial charge in [0.25, 0.3) is 0 Å². The zero-order chi connectivity index (χ0) is 31.5. The van der Waals surface area contributed by atoms with E-state index in [1.807, 2.05) is 30.3 Å². The summed E-state index contributed by atoms with van der Waals surface area (Å²) >= 11 is 0. The quantitative estimate of drug-likeness (QED) is 0.196. The number of aromatic nitrogens is 1. The van der Waals surface area contributed by atoms with Crippen LogP contribution in [0.4, 0.5) is 17.1 Å². The Labute approximate surface area is 274 Å². The van der Waals surface area contributed by atoms with Crippen molar-refractivity contribution in [2.75, 3.05) is 4.90 Å². The van der Waals surface area contributed by atoms with Crippen molar-refractivity contribution in [3.05, 3.63) is 169 Å². The molecule has 224 valence electrons. The first-order valence-corrected chi connectivity index (χ1v) is 16.1. The van der Waals surface area contributed by atoms with Crippen molar-refractivity contribution in [2.45, 2.75) is 19.3 Å². The fourth-order valence-corrected chi connectivity index (χ4v) is 7.36. The number of fused-ring (bicyclic) bond motifs is 6. The van der Waals surface area contributed by atoms with Crippen molar-refractivity contribution in [1.29, 1.82) is 0 Å². The number of benzene rings is 7. The summed E-state index contributed by atoms with van der Waals surface area (Å²) in [4.78, 5) is 7.40. The minimum Gasteiger partial charge on any atom is -0.436 e. The smallest absolute Gasteiger partial charge is 0.227 e. The van der Waals surface area contributed by atoms with Gasteiger partial charge in [-0.25, -0.2) is 4.98 Å². The lowest BCUT2D eigenvalue weighted by molar-refractivity contribution is 0.620. The lowest BCUT2D eigenvalue weighted by atomic mass is 9.82. The summed E-state index contributed by atoms with van der Waals surface area (Å²) in [6.45, 7) is 4.65. The van der Waals surface area contributed by atoms with Crippen molar-refractivity contribution in [3.8, 4) is 33.7 Å². The minimum atomic E-state index is -0.0677. The van der Waals surface area contributed by atoms with Gasteiger partial charge in [-0.05, 0) is 69.8 Å². The van der Waals surface area contributed by atoms with Gasteiger partial charge in [-0.2, -0.15) is 0 Å². The van der Waals surface area contributed by atoms with E-state index in [2.05, 4.69) is 146 Å². The Hall–Kier alpha value is -5.93. The van der Waals surface area contributed by atoms with E-state index in [1.165, 1.54) is 27.8 Å². The van der Waals surface area contributed by atoms with E-state index in [-0.39, 0.29) is 5.41 Å². The summed E-state index contributed by atoms with van der Waals surface area (Å²) in [6, 6.07) is 56.0. The fraction of sp³-hybridized carbons (Fsp3) is 0.0682. The summed E-state index contributed by atoms with van der Waals surface area (Å²) in [6.07, 6.45) is 0. The topological polar surface area (TPSA) is 29.3 Å². The highest BCUT2D eigenvalue weighted by Crippen LogP contribution is 2.51. The van der Waals surface area contributed by atoms with Crippen molar-refractivity contribution in [1.82, 2.24) is 4.98 Å². The van der Waals surface area contributed by atoms with E-state index in [1.54, 1.807) is 0 Å². The van der Waals surface area contributed by atoms with Crippen molar-refractivity contribution >= 4 is 38.9 Å². The maximum absolute atomic E-state index is 6.53. The van der Waals surface area contributed by atoms with E-state index in [0.717, 1.165) is 50.1 Å². The van der Waals surface area contributed by atoms with E-state index >= 15 is 0 Å². The van der Waals surface area contributed by atoms with Crippen molar-refractivity contribution in [3.63, 3.8) is 0 Å². The van der Waals surface area contributed by atoms with Gasteiger partial charge in [-0.1, -0.05) is 129 Å². The van der Waals surface area contributed by atoms with Gasteiger partial charge in [0.15, 0.2) is 5.58 Å². The Morgan fingerprint density at radius 1 is 0.511 bits per heavy atom. The van der Waals surface area contributed by atoms with E-state index < -0.39 is 0 Å². The lowest BCUT2D eigenvalue weighted by Crippen LogP contribution is -2.15. The first-order chi connectivity index (χ1) is 23.1. The van der Waals surface area contributed by atoms with E-state index in [0.29, 0.717) is 5.89 Å². The van der Waals surface area contributed by atoms with Crippen LogP contribution in [0.15, 0.2) is 162 Å². The molecule has 0 radical (unpaired) electrons. The van der Waals surface area contributed by atoms with E-state index in [4.69, 9.17) is 9.40 Å². The van der Waals surface area contributed by atoms with Gasteiger partial charge in [-0.15, -0.1) is 0 Å². The monoisotopic (exact) mass is 604 g/mol. The van der Waals surface area contributed by atoms with Crippen molar-refractivity contribution < 1.29 is 4.42 Å². The van der Waals surface area contributed by atoms with Crippen LogP contribution in [-0.4, -0.2) is 4.98 Å². The highest BCUT2D eigenvalue weighted by molar-refractivity contribution is 6.12. The van der Waals surface area contributed by atoms with Gasteiger partial charge in [0.2, 0.25) is 5.89 Å². The third kappa shape index (κ3) is 4.39. The SMILES string of the molecule is CC1(C)c2ccccc2-c2cc(N(c3cccc(-c4ccccc4)c3)c3cc4oc(-c5ccccc5)nc4c4ccccc34)ccc21. The molecule has 1 aliphatic carbocycles. The predicted molar refractivity (Wildman–Crippen MR) is 195 cm³/mol. The minimum absolute atomic E-state index is 0.0677. The maximum Gasteiger partial charge on any atom is 0.227 e. The summed E-state index contributed by atoms with van der Waals surface area (Å²) in [5, 5.41) is 2.17. The zero-order valence-corrected chi connectivity index (χ0v) is 26.3. The van der Waals surface area contributed by atoms with Gasteiger partial charge in [-0.3, -0.25) is 0 Å². The summed E-state index contributed by atoms with van der Waals surface area (Å²) in [5.41, 5.74) is 13.4. The molecule has 0 aliphatic heterocycles. The molecule has 1 aromatic heterocycles. The van der Waals surface area contributed by atoms with Crippen LogP contribution >= 0.6 is 0 Å². The molecule has 0 saturated heterocycles. The van der Waals surface area contributed by atoms with Crippen LogP contribution in [0.3, 0.4) is 0 Å². The Kier molecular flexibility index (Phi) is 6.16. The first-order valence-electron chi connectivity index (χ1n) is 16.1. The lowest BCUT2D eigenvalue weighted by Gasteiger charge is -2.28. The van der Waals surface area contributed by atoms with Gasteiger partial charge < -0.3 is 9.32 Å².